The third-order valence-corrected chi connectivity index (χ3v) is 3.96. The Morgan fingerprint density at radius 1 is 1.29 bits per heavy atom. The van der Waals surface area contributed by atoms with Gasteiger partial charge in [0.15, 0.2) is 11.5 Å². The maximum absolute atomic E-state index is 11.0. The molecule has 5 nitrogen and oxygen atoms in total. The minimum absolute atomic E-state index is 0.173. The summed E-state index contributed by atoms with van der Waals surface area (Å²) in [6.07, 6.45) is 0. The highest BCUT2D eigenvalue weighted by Crippen LogP contribution is 2.30. The molecule has 0 amide bonds. The van der Waals surface area contributed by atoms with Gasteiger partial charge in [-0.25, -0.2) is 9.78 Å². The van der Waals surface area contributed by atoms with Crippen LogP contribution in [-0.4, -0.2) is 22.7 Å². The molecule has 1 aromatic heterocycles. The smallest absolute Gasteiger partial charge is 0.335 e. The summed E-state index contributed by atoms with van der Waals surface area (Å²) < 4.78 is 11.1. The molecule has 1 N–H and O–H groups in total. The minimum atomic E-state index is -0.992. The zero-order valence-electron chi connectivity index (χ0n) is 12.2. The number of hydrogen-bond donors (Lipinski definition) is 1. The van der Waals surface area contributed by atoms with Crippen molar-refractivity contribution in [1.82, 2.24) is 4.98 Å². The Bertz CT molecular complexity index is 632. The summed E-state index contributed by atoms with van der Waals surface area (Å²) in [5.74, 6) is -0.0385. The number of aryl methyl sites for hydroxylation is 2. The number of ether oxygens (including phenoxy) is 2. The molecule has 1 heterocycles. The average molecular weight is 307 g/mol. The summed E-state index contributed by atoms with van der Waals surface area (Å²) in [4.78, 5) is 16.6. The lowest BCUT2D eigenvalue weighted by Crippen LogP contribution is -2.02. The number of nitrogens with zero attached hydrogens (tertiary/aromatic N) is 1. The Balaban J connectivity index is 2.16. The molecule has 0 atom stereocenters. The fourth-order valence-corrected chi connectivity index (χ4v) is 2.62. The highest BCUT2D eigenvalue weighted by Gasteiger charge is 2.12. The Morgan fingerprint density at radius 3 is 2.62 bits per heavy atom. The summed E-state index contributed by atoms with van der Waals surface area (Å²) in [5.41, 5.74) is 1.18. The molecule has 0 radical (unpaired) electrons. The summed E-state index contributed by atoms with van der Waals surface area (Å²) in [5, 5.41) is 9.89. The van der Waals surface area contributed by atoms with Gasteiger partial charge in [-0.3, -0.25) is 0 Å². The van der Waals surface area contributed by atoms with Crippen LogP contribution in [0.4, 0.5) is 0 Å². The third kappa shape index (κ3) is 3.72. The van der Waals surface area contributed by atoms with Crippen LogP contribution in [0.25, 0.3) is 0 Å². The van der Waals surface area contributed by atoms with Gasteiger partial charge in [0.25, 0.3) is 0 Å². The van der Waals surface area contributed by atoms with Gasteiger partial charge in [-0.1, -0.05) is 0 Å². The van der Waals surface area contributed by atoms with E-state index in [9.17, 15) is 4.79 Å². The van der Waals surface area contributed by atoms with Crippen LogP contribution in [0.2, 0.25) is 0 Å². The highest BCUT2D eigenvalue weighted by molar-refractivity contribution is 7.11. The molecule has 0 fully saturated rings. The zero-order chi connectivity index (χ0) is 15.4. The second kappa shape index (κ2) is 6.58. The topological polar surface area (TPSA) is 68.7 Å². The fraction of sp³-hybridized carbons (Fsp3) is 0.333. The molecule has 2 aromatic rings. The van der Waals surface area contributed by atoms with E-state index in [2.05, 4.69) is 4.98 Å². The molecule has 0 aliphatic carbocycles. The van der Waals surface area contributed by atoms with Crippen LogP contribution >= 0.6 is 11.3 Å². The van der Waals surface area contributed by atoms with E-state index >= 15 is 0 Å². The van der Waals surface area contributed by atoms with Gasteiger partial charge in [-0.05, 0) is 39.0 Å². The van der Waals surface area contributed by atoms with E-state index < -0.39 is 5.97 Å². The molecule has 21 heavy (non-hydrogen) atoms. The molecule has 0 saturated carbocycles. The Hall–Kier alpha value is -2.08. The minimum Gasteiger partial charge on any atom is -0.490 e. The molecule has 0 aliphatic heterocycles. The standard InChI is InChI=1S/C15H17NO4S/c1-4-19-13-7-11(15(17)18)5-6-12(13)20-8-14-16-9(2)10(3)21-14/h5-7H,4,8H2,1-3H3,(H,17,18). The maximum Gasteiger partial charge on any atom is 0.335 e. The van der Waals surface area contributed by atoms with Crippen molar-refractivity contribution >= 4 is 17.3 Å². The monoisotopic (exact) mass is 307 g/mol. The molecule has 0 unspecified atom stereocenters. The Kier molecular flexibility index (Phi) is 4.80. The van der Waals surface area contributed by atoms with Gasteiger partial charge in [0, 0.05) is 4.88 Å². The summed E-state index contributed by atoms with van der Waals surface area (Å²) >= 11 is 1.59. The van der Waals surface area contributed by atoms with E-state index in [-0.39, 0.29) is 5.56 Å². The number of carboxylic acid groups (broad SMARTS) is 1. The quantitative estimate of drug-likeness (QED) is 0.885. The molecule has 0 saturated heterocycles. The number of carboxylic acids is 1. The van der Waals surface area contributed by atoms with E-state index in [0.29, 0.717) is 24.7 Å². The molecular formula is C15H17NO4S. The van der Waals surface area contributed by atoms with Crippen LogP contribution in [0.1, 0.15) is 32.9 Å². The van der Waals surface area contributed by atoms with Crippen molar-refractivity contribution in [2.24, 2.45) is 0 Å². The second-order valence-corrected chi connectivity index (χ2v) is 5.73. The van der Waals surface area contributed by atoms with Crippen molar-refractivity contribution in [3.05, 3.63) is 39.3 Å². The molecule has 2 rings (SSSR count). The van der Waals surface area contributed by atoms with E-state index in [0.717, 1.165) is 10.7 Å². The normalized spacial score (nSPS) is 10.4. The van der Waals surface area contributed by atoms with E-state index in [4.69, 9.17) is 14.6 Å². The van der Waals surface area contributed by atoms with Crippen molar-refractivity contribution in [3.63, 3.8) is 0 Å². The van der Waals surface area contributed by atoms with Gasteiger partial charge in [-0.15, -0.1) is 11.3 Å². The van der Waals surface area contributed by atoms with Crippen molar-refractivity contribution < 1.29 is 19.4 Å². The van der Waals surface area contributed by atoms with Crippen LogP contribution in [0.3, 0.4) is 0 Å². The maximum atomic E-state index is 11.0. The van der Waals surface area contributed by atoms with Crippen LogP contribution in [0, 0.1) is 13.8 Å². The van der Waals surface area contributed by atoms with Gasteiger partial charge in [0.05, 0.1) is 17.9 Å². The largest absolute Gasteiger partial charge is 0.490 e. The van der Waals surface area contributed by atoms with Crippen molar-refractivity contribution in [2.45, 2.75) is 27.4 Å². The van der Waals surface area contributed by atoms with E-state index in [1.807, 2.05) is 20.8 Å². The van der Waals surface area contributed by atoms with Crippen LogP contribution < -0.4 is 9.47 Å². The number of aromatic nitrogens is 1. The van der Waals surface area contributed by atoms with Crippen molar-refractivity contribution in [2.75, 3.05) is 6.61 Å². The Labute approximate surface area is 127 Å². The predicted octanol–water partition coefficient (Wildman–Crippen LogP) is 3.44. The number of benzene rings is 1. The molecule has 6 heteroatoms. The van der Waals surface area contributed by atoms with E-state index in [1.165, 1.54) is 17.0 Å². The number of hydrogen-bond acceptors (Lipinski definition) is 5. The van der Waals surface area contributed by atoms with Gasteiger partial charge in [0.2, 0.25) is 0 Å². The summed E-state index contributed by atoms with van der Waals surface area (Å²) in [7, 11) is 0. The summed E-state index contributed by atoms with van der Waals surface area (Å²) in [6, 6.07) is 4.58. The molecular weight excluding hydrogens is 290 g/mol. The van der Waals surface area contributed by atoms with E-state index in [1.54, 1.807) is 17.4 Å². The number of rotatable bonds is 6. The molecule has 1 aromatic carbocycles. The molecule has 112 valence electrons. The van der Waals surface area contributed by atoms with Crippen molar-refractivity contribution in [3.8, 4) is 11.5 Å². The molecule has 0 bridgehead atoms. The van der Waals surface area contributed by atoms with Gasteiger partial charge < -0.3 is 14.6 Å². The lowest BCUT2D eigenvalue weighted by atomic mass is 10.2. The fourth-order valence-electron chi connectivity index (χ4n) is 1.77. The van der Waals surface area contributed by atoms with Crippen LogP contribution in [0.5, 0.6) is 11.5 Å². The lowest BCUT2D eigenvalue weighted by Gasteiger charge is -2.11. The van der Waals surface area contributed by atoms with Crippen molar-refractivity contribution in [1.29, 1.82) is 0 Å². The lowest BCUT2D eigenvalue weighted by molar-refractivity contribution is 0.0696. The first-order valence-corrected chi connectivity index (χ1v) is 7.38. The first-order valence-electron chi connectivity index (χ1n) is 6.57. The van der Waals surface area contributed by atoms with Crippen LogP contribution in [-0.2, 0) is 6.61 Å². The zero-order valence-corrected chi connectivity index (χ0v) is 13.0. The first kappa shape index (κ1) is 15.3. The number of thiazole rings is 1. The molecule has 0 spiro atoms. The SMILES string of the molecule is CCOc1cc(C(=O)O)ccc1OCc1nc(C)c(C)s1. The third-order valence-electron chi connectivity index (χ3n) is 2.91. The second-order valence-electron chi connectivity index (χ2n) is 4.44. The van der Waals surface area contributed by atoms with Crippen LogP contribution in [0.15, 0.2) is 18.2 Å². The molecule has 0 aliphatic rings. The highest BCUT2D eigenvalue weighted by atomic mass is 32.1. The first-order chi connectivity index (χ1) is 10.0. The number of carbonyl (C=O) groups is 1. The number of aromatic carboxylic acids is 1. The summed E-state index contributed by atoms with van der Waals surface area (Å²) in [6.45, 7) is 6.60. The van der Waals surface area contributed by atoms with Gasteiger partial charge in [-0.2, -0.15) is 0 Å². The predicted molar refractivity (Wildman–Crippen MR) is 80.5 cm³/mol. The Morgan fingerprint density at radius 2 is 2.05 bits per heavy atom. The average Bonchev–Trinajstić information content (AvgIpc) is 2.76. The van der Waals surface area contributed by atoms with Gasteiger partial charge in [0.1, 0.15) is 11.6 Å². The van der Waals surface area contributed by atoms with Gasteiger partial charge >= 0.3 is 5.97 Å².